The zero-order valence-corrected chi connectivity index (χ0v) is 5.97. The van der Waals surface area contributed by atoms with Gasteiger partial charge in [0.2, 0.25) is 0 Å². The molecule has 4 atom stereocenters. The van der Waals surface area contributed by atoms with Crippen LogP contribution in [0.1, 0.15) is 7.79 Å². The minimum absolute atomic E-state index is 0.0469. The summed E-state index contributed by atoms with van der Waals surface area (Å²) in [5, 5.41) is 27.0. The zero-order chi connectivity index (χ0) is 9.35. The van der Waals surface area contributed by atoms with Crippen molar-refractivity contribution < 1.29 is 21.4 Å². The smallest absolute Gasteiger partial charge is 0.170 e. The van der Waals surface area contributed by atoms with E-state index >= 15 is 0 Å². The Balaban J connectivity index is 2.63. The van der Waals surface area contributed by atoms with E-state index in [1.54, 1.807) is 0 Å². The first-order valence-electron chi connectivity index (χ1n) is 3.92. The van der Waals surface area contributed by atoms with Gasteiger partial charge in [0.25, 0.3) is 0 Å². The first-order valence-corrected chi connectivity index (χ1v) is 3.42. The highest BCUT2D eigenvalue weighted by Gasteiger charge is 2.33. The Kier molecular flexibility index (Phi) is 2.35. The van der Waals surface area contributed by atoms with Gasteiger partial charge in [0.05, 0.1) is 20.1 Å². The van der Waals surface area contributed by atoms with Crippen molar-refractivity contribution in [1.82, 2.24) is 0 Å². The molecule has 0 saturated carbocycles. The van der Waals surface area contributed by atoms with Gasteiger partial charge < -0.3 is 25.8 Å². The fourth-order valence-electron chi connectivity index (χ4n) is 0.993. The molecule has 1 heterocycles. The Morgan fingerprint density at radius 2 is 2.27 bits per heavy atom. The van der Waals surface area contributed by atoms with Crippen molar-refractivity contribution in [2.45, 2.75) is 30.9 Å². The average molecular weight is 164 g/mol. The first-order chi connectivity index (χ1) is 5.47. The van der Waals surface area contributed by atoms with Crippen LogP contribution in [0.15, 0.2) is 0 Å². The molecule has 0 aromatic carbocycles. The second-order valence-electron chi connectivity index (χ2n) is 2.59. The molecular formula is C6H13NO4. The molecule has 11 heavy (non-hydrogen) atoms. The van der Waals surface area contributed by atoms with Crippen LogP contribution in [0, 0.1) is 0 Å². The van der Waals surface area contributed by atoms with Gasteiger partial charge in [-0.1, -0.05) is 0 Å². The van der Waals surface area contributed by atoms with Crippen LogP contribution in [0.25, 0.3) is 0 Å². The monoisotopic (exact) mass is 164 g/mol. The molecule has 5 N–H and O–H groups in total. The summed E-state index contributed by atoms with van der Waals surface area (Å²) in [6.07, 6.45) is -4.00. The van der Waals surface area contributed by atoms with Crippen molar-refractivity contribution in [3.05, 3.63) is 0 Å². The Morgan fingerprint density at radius 3 is 2.82 bits per heavy atom. The predicted molar refractivity (Wildman–Crippen MR) is 36.6 cm³/mol. The van der Waals surface area contributed by atoms with Crippen molar-refractivity contribution in [1.29, 1.82) is 0 Å². The highest BCUT2D eigenvalue weighted by molar-refractivity contribution is 4.81. The molecular weight excluding hydrogens is 150 g/mol. The quantitative estimate of drug-likeness (QED) is 0.352. The van der Waals surface area contributed by atoms with Gasteiger partial charge in [-0.25, -0.2) is 0 Å². The number of hydrogen-bond acceptors (Lipinski definition) is 5. The van der Waals surface area contributed by atoms with E-state index in [-0.39, 0.29) is 6.42 Å². The van der Waals surface area contributed by atoms with E-state index in [0.29, 0.717) is 0 Å². The average Bonchev–Trinajstić information content (AvgIpc) is 1.97. The molecule has 66 valence electrons. The molecule has 5 heteroatoms. The molecule has 1 fully saturated rings. The summed E-state index contributed by atoms with van der Waals surface area (Å²) in [6, 6.07) is -0.949. The molecule has 1 rings (SSSR count). The third-order valence-electron chi connectivity index (χ3n) is 1.69. The van der Waals surface area contributed by atoms with Crippen LogP contribution in [0.2, 0.25) is 0 Å². The molecule has 0 bridgehead atoms. The second-order valence-corrected chi connectivity index (χ2v) is 2.59. The molecule has 0 radical (unpaired) electrons. The number of nitrogens with two attached hydrogens (primary N) is 1. The first kappa shape index (κ1) is 7.45. The lowest BCUT2D eigenvalue weighted by molar-refractivity contribution is -0.216. The largest absolute Gasteiger partial charge is 0.394 e. The molecule has 0 amide bonds. The fourth-order valence-corrected chi connectivity index (χ4v) is 0.993. The minimum atomic E-state index is -2.20. The third-order valence-corrected chi connectivity index (χ3v) is 1.69. The van der Waals surface area contributed by atoms with Crippen LogP contribution in [-0.4, -0.2) is 46.4 Å². The lowest BCUT2D eigenvalue weighted by Gasteiger charge is -2.34. The van der Waals surface area contributed by atoms with Crippen LogP contribution in [-0.2, 0) is 4.74 Å². The Bertz CT molecular complexity index is 166. The lowest BCUT2D eigenvalue weighted by Crippen LogP contribution is -2.52. The zero-order valence-electron chi connectivity index (χ0n) is 6.97. The van der Waals surface area contributed by atoms with E-state index in [0.717, 1.165) is 0 Å². The van der Waals surface area contributed by atoms with E-state index in [1.165, 1.54) is 0 Å². The van der Waals surface area contributed by atoms with Crippen LogP contribution >= 0.6 is 0 Å². The Morgan fingerprint density at radius 1 is 1.64 bits per heavy atom. The van der Waals surface area contributed by atoms with Gasteiger partial charge in [-0.2, -0.15) is 0 Å². The van der Waals surface area contributed by atoms with Crippen molar-refractivity contribution in [2.24, 2.45) is 5.73 Å². The van der Waals surface area contributed by atoms with Gasteiger partial charge in [0.15, 0.2) is 6.27 Å². The third kappa shape index (κ3) is 1.88. The van der Waals surface area contributed by atoms with E-state index < -0.39 is 31.1 Å². The minimum Gasteiger partial charge on any atom is -0.394 e. The molecule has 0 aliphatic carbocycles. The number of rotatable bonds is 1. The van der Waals surface area contributed by atoms with Gasteiger partial charge >= 0.3 is 0 Å². The standard InChI is InChI=1S/C6H13NO4/c7-3-1-4(9)5(2-8)11-6(3)10/h3-6,8-10H,1-2,7H2/t3-,4-,5+,6?/m0/s1/i6D. The molecule has 1 saturated heterocycles. The van der Waals surface area contributed by atoms with Gasteiger partial charge in [-0.3, -0.25) is 0 Å². The van der Waals surface area contributed by atoms with Crippen LogP contribution in [0.3, 0.4) is 0 Å². The predicted octanol–water partition coefficient (Wildman–Crippen LogP) is -2.23. The molecule has 1 aliphatic rings. The maximum atomic E-state index is 9.21. The number of aliphatic hydroxyl groups is 3. The maximum Gasteiger partial charge on any atom is 0.170 e. The van der Waals surface area contributed by atoms with Crippen LogP contribution < -0.4 is 5.73 Å². The molecule has 1 unspecified atom stereocenters. The van der Waals surface area contributed by atoms with Crippen molar-refractivity contribution in [3.63, 3.8) is 0 Å². The summed E-state index contributed by atoms with van der Waals surface area (Å²) in [5.41, 5.74) is 5.32. The summed E-state index contributed by atoms with van der Waals surface area (Å²) >= 11 is 0. The lowest BCUT2D eigenvalue weighted by atomic mass is 10.0. The molecule has 1 aliphatic heterocycles. The highest BCUT2D eigenvalue weighted by atomic mass is 16.6. The van der Waals surface area contributed by atoms with E-state index in [4.69, 9.17) is 17.3 Å². The number of aliphatic hydroxyl groups excluding tert-OH is 2. The summed E-state index contributed by atoms with van der Waals surface area (Å²) in [5.74, 6) is 0. The summed E-state index contributed by atoms with van der Waals surface area (Å²) in [7, 11) is 0. The normalized spacial score (nSPS) is 53.8. The molecule has 0 aromatic heterocycles. The molecule has 0 aromatic rings. The van der Waals surface area contributed by atoms with Crippen molar-refractivity contribution >= 4 is 0 Å². The summed E-state index contributed by atoms with van der Waals surface area (Å²) < 4.78 is 11.8. The van der Waals surface area contributed by atoms with Gasteiger partial charge in [-0.15, -0.1) is 0 Å². The van der Waals surface area contributed by atoms with Crippen molar-refractivity contribution in [2.75, 3.05) is 6.61 Å². The van der Waals surface area contributed by atoms with Gasteiger partial charge in [0.1, 0.15) is 6.10 Å². The van der Waals surface area contributed by atoms with E-state index in [1.807, 2.05) is 0 Å². The number of ether oxygens (including phenoxy) is 1. The van der Waals surface area contributed by atoms with E-state index in [2.05, 4.69) is 4.74 Å². The maximum absolute atomic E-state index is 9.21. The van der Waals surface area contributed by atoms with Crippen molar-refractivity contribution in [3.8, 4) is 0 Å². The Hall–Kier alpha value is -0.200. The Labute approximate surface area is 65.8 Å². The highest BCUT2D eigenvalue weighted by Crippen LogP contribution is 2.16. The van der Waals surface area contributed by atoms with Crippen LogP contribution in [0.5, 0.6) is 0 Å². The summed E-state index contributed by atoms with van der Waals surface area (Å²) in [6.45, 7) is -0.435. The molecule has 5 nitrogen and oxygen atoms in total. The second kappa shape index (κ2) is 3.46. The summed E-state index contributed by atoms with van der Waals surface area (Å²) in [4.78, 5) is 0. The topological polar surface area (TPSA) is 95.9 Å². The van der Waals surface area contributed by atoms with E-state index in [9.17, 15) is 5.11 Å². The fraction of sp³-hybridized carbons (Fsp3) is 1.00. The van der Waals surface area contributed by atoms with Crippen LogP contribution in [0.4, 0.5) is 0 Å². The number of hydrogen-bond donors (Lipinski definition) is 4. The van der Waals surface area contributed by atoms with Gasteiger partial charge in [0, 0.05) is 0 Å². The molecule has 0 spiro atoms. The van der Waals surface area contributed by atoms with Gasteiger partial charge in [-0.05, 0) is 6.42 Å². The SMILES string of the molecule is [2H]C1(O)O[C@H](CO)[C@@H](O)C[C@@H]1N.